The average Bonchev–Trinajstić information content (AvgIpc) is 2.25. The maximum Gasteiger partial charge on any atom is 0.294 e. The summed E-state index contributed by atoms with van der Waals surface area (Å²) in [5.41, 5.74) is 6.05. The first kappa shape index (κ1) is 13.6. The number of allylic oxidation sites excluding steroid dienone is 1. The molecule has 0 fully saturated rings. The molecule has 0 aliphatic rings. The molecule has 0 bridgehead atoms. The molecule has 1 aromatic carbocycles. The molecule has 1 rings (SSSR count). The number of nitrogens with two attached hydrogens (primary N) is 1. The molecule has 1 aromatic rings. The van der Waals surface area contributed by atoms with E-state index in [1.165, 1.54) is 19.1 Å². The summed E-state index contributed by atoms with van der Waals surface area (Å²) >= 11 is 0. The molecule has 0 aromatic heterocycles. The monoisotopic (exact) mass is 255 g/mol. The van der Waals surface area contributed by atoms with Gasteiger partial charge in [0.15, 0.2) is 5.78 Å². The molecule has 0 unspecified atom stereocenters. The van der Waals surface area contributed by atoms with Gasteiger partial charge in [-0.2, -0.15) is 8.42 Å². The molecule has 0 spiro atoms. The summed E-state index contributed by atoms with van der Waals surface area (Å²) in [5.74, 6) is -0.376. The summed E-state index contributed by atoms with van der Waals surface area (Å²) in [6.45, 7) is 4.95. The maximum atomic E-state index is 11.6. The highest BCUT2D eigenvalue weighted by molar-refractivity contribution is 7.85. The maximum absolute atomic E-state index is 11.6. The lowest BCUT2D eigenvalue weighted by Gasteiger charge is -2.07. The molecule has 5 nitrogen and oxygen atoms in total. The van der Waals surface area contributed by atoms with Gasteiger partial charge in [-0.15, -0.1) is 0 Å². The van der Waals surface area contributed by atoms with E-state index in [1.54, 1.807) is 0 Å². The number of ketones is 1. The molecule has 0 aliphatic heterocycles. The topological polar surface area (TPSA) is 97.5 Å². The van der Waals surface area contributed by atoms with Gasteiger partial charge in [-0.1, -0.05) is 18.7 Å². The predicted octanol–water partition coefficient (Wildman–Crippen LogP) is 1.15. The van der Waals surface area contributed by atoms with Gasteiger partial charge in [-0.05, 0) is 24.1 Å². The van der Waals surface area contributed by atoms with Crippen LogP contribution in [0.25, 0.3) is 0 Å². The minimum atomic E-state index is -4.39. The van der Waals surface area contributed by atoms with Crippen LogP contribution in [0.5, 0.6) is 0 Å². The number of hydrogen-bond acceptors (Lipinski definition) is 4. The Morgan fingerprint density at radius 3 is 2.47 bits per heavy atom. The fourth-order valence-corrected chi connectivity index (χ4v) is 2.11. The molecule has 17 heavy (non-hydrogen) atoms. The van der Waals surface area contributed by atoms with Crippen molar-refractivity contribution in [3.63, 3.8) is 0 Å². The van der Waals surface area contributed by atoms with E-state index >= 15 is 0 Å². The van der Waals surface area contributed by atoms with E-state index in [2.05, 4.69) is 6.58 Å². The molecule has 6 heteroatoms. The van der Waals surface area contributed by atoms with E-state index in [0.29, 0.717) is 0 Å². The highest BCUT2D eigenvalue weighted by Gasteiger charge is 2.17. The number of carbonyl (C=O) groups is 1. The molecular weight excluding hydrogens is 242 g/mol. The smallest absolute Gasteiger partial charge is 0.294 e. The van der Waals surface area contributed by atoms with Crippen molar-refractivity contribution in [1.29, 1.82) is 0 Å². The SMILES string of the molecule is C=C(C)C(=O)c1ccc(CN)c(S(=O)(=O)O)c1. The van der Waals surface area contributed by atoms with Crippen molar-refractivity contribution in [2.24, 2.45) is 5.73 Å². The van der Waals surface area contributed by atoms with Crippen LogP contribution in [0.15, 0.2) is 35.2 Å². The van der Waals surface area contributed by atoms with Crippen molar-refractivity contribution in [3.8, 4) is 0 Å². The number of rotatable bonds is 4. The molecule has 0 atom stereocenters. The van der Waals surface area contributed by atoms with Crippen molar-refractivity contribution in [2.45, 2.75) is 18.4 Å². The highest BCUT2D eigenvalue weighted by Crippen LogP contribution is 2.19. The van der Waals surface area contributed by atoms with Crippen LogP contribution < -0.4 is 5.73 Å². The lowest BCUT2D eigenvalue weighted by molar-refractivity contribution is 0.103. The summed E-state index contributed by atoms with van der Waals surface area (Å²) in [6, 6.07) is 3.96. The minimum Gasteiger partial charge on any atom is -0.326 e. The molecular formula is C11H13NO4S. The molecule has 0 radical (unpaired) electrons. The highest BCUT2D eigenvalue weighted by atomic mass is 32.2. The molecule has 0 heterocycles. The predicted molar refractivity (Wildman–Crippen MR) is 63.3 cm³/mol. The standard InChI is InChI=1S/C11H13NO4S/c1-7(2)11(13)8-3-4-9(6-12)10(5-8)17(14,15)16/h3-5H,1,6,12H2,2H3,(H,14,15,16). The average molecular weight is 255 g/mol. The van der Waals surface area contributed by atoms with Crippen molar-refractivity contribution in [1.82, 2.24) is 0 Å². The van der Waals surface area contributed by atoms with Gasteiger partial charge in [0.2, 0.25) is 0 Å². The van der Waals surface area contributed by atoms with Crippen molar-refractivity contribution >= 4 is 15.9 Å². The van der Waals surface area contributed by atoms with Crippen LogP contribution in [0, 0.1) is 0 Å². The fourth-order valence-electron chi connectivity index (χ4n) is 1.35. The number of Topliss-reactive ketones (excluding diaryl/α,β-unsaturated/α-hetero) is 1. The van der Waals surface area contributed by atoms with Gasteiger partial charge in [0.1, 0.15) is 0 Å². The largest absolute Gasteiger partial charge is 0.326 e. The first-order valence-corrected chi connectivity index (χ1v) is 6.22. The Morgan fingerprint density at radius 1 is 1.47 bits per heavy atom. The third-order valence-electron chi connectivity index (χ3n) is 2.21. The van der Waals surface area contributed by atoms with Gasteiger partial charge < -0.3 is 5.73 Å². The Hall–Kier alpha value is -1.50. The van der Waals surface area contributed by atoms with E-state index in [9.17, 15) is 13.2 Å². The second-order valence-corrected chi connectivity index (χ2v) is 5.00. The van der Waals surface area contributed by atoms with E-state index in [-0.39, 0.29) is 33.9 Å². The number of hydrogen-bond donors (Lipinski definition) is 2. The van der Waals surface area contributed by atoms with Crippen LogP contribution in [-0.4, -0.2) is 18.8 Å². The number of benzene rings is 1. The Bertz CT molecular complexity index is 575. The van der Waals surface area contributed by atoms with E-state index in [0.717, 1.165) is 6.07 Å². The summed E-state index contributed by atoms with van der Waals surface area (Å²) in [6.07, 6.45) is 0. The van der Waals surface area contributed by atoms with E-state index in [1.807, 2.05) is 0 Å². The van der Waals surface area contributed by atoms with Gasteiger partial charge >= 0.3 is 0 Å². The zero-order valence-electron chi connectivity index (χ0n) is 9.30. The zero-order valence-corrected chi connectivity index (χ0v) is 10.1. The minimum absolute atomic E-state index is 0.0450. The second kappa shape index (κ2) is 4.79. The summed E-state index contributed by atoms with van der Waals surface area (Å²) in [7, 11) is -4.39. The normalized spacial score (nSPS) is 11.2. The Balaban J connectivity index is 3.43. The van der Waals surface area contributed by atoms with Gasteiger partial charge in [0.05, 0.1) is 4.90 Å². The zero-order chi connectivity index (χ0) is 13.2. The molecule has 0 saturated heterocycles. The first-order valence-electron chi connectivity index (χ1n) is 4.78. The summed E-state index contributed by atoms with van der Waals surface area (Å²) in [5, 5.41) is 0. The van der Waals surface area contributed by atoms with Gasteiger partial charge in [0.25, 0.3) is 10.1 Å². The quantitative estimate of drug-likeness (QED) is 0.478. The molecule has 0 saturated carbocycles. The molecule has 3 N–H and O–H groups in total. The molecule has 0 amide bonds. The fraction of sp³-hybridized carbons (Fsp3) is 0.182. The van der Waals surface area contributed by atoms with Crippen LogP contribution in [0.4, 0.5) is 0 Å². The second-order valence-electron chi connectivity index (χ2n) is 3.61. The van der Waals surface area contributed by atoms with Crippen molar-refractivity contribution in [2.75, 3.05) is 0 Å². The molecule has 92 valence electrons. The van der Waals surface area contributed by atoms with Crippen LogP contribution in [0.1, 0.15) is 22.8 Å². The first-order chi connectivity index (χ1) is 7.77. The van der Waals surface area contributed by atoms with Crippen LogP contribution in [0.3, 0.4) is 0 Å². The number of carbonyl (C=O) groups excluding carboxylic acids is 1. The van der Waals surface area contributed by atoms with Gasteiger partial charge in [-0.3, -0.25) is 9.35 Å². The Labute approximate surface area is 99.7 Å². The Morgan fingerprint density at radius 2 is 2.06 bits per heavy atom. The lowest BCUT2D eigenvalue weighted by Crippen LogP contribution is -2.09. The summed E-state index contributed by atoms with van der Waals surface area (Å²) in [4.78, 5) is 11.3. The lowest BCUT2D eigenvalue weighted by atomic mass is 10.0. The molecule has 0 aliphatic carbocycles. The van der Waals surface area contributed by atoms with Crippen molar-refractivity contribution < 1.29 is 17.8 Å². The third kappa shape index (κ3) is 3.00. The summed E-state index contributed by atoms with van der Waals surface area (Å²) < 4.78 is 31.3. The van der Waals surface area contributed by atoms with E-state index in [4.69, 9.17) is 10.3 Å². The Kier molecular flexibility index (Phi) is 3.82. The van der Waals surface area contributed by atoms with Gasteiger partial charge in [-0.25, -0.2) is 0 Å². The van der Waals surface area contributed by atoms with Gasteiger partial charge in [0, 0.05) is 12.1 Å². The third-order valence-corrected chi connectivity index (χ3v) is 3.15. The van der Waals surface area contributed by atoms with Crippen molar-refractivity contribution in [3.05, 3.63) is 41.5 Å². The van der Waals surface area contributed by atoms with Crippen LogP contribution in [0.2, 0.25) is 0 Å². The van der Waals surface area contributed by atoms with E-state index < -0.39 is 10.1 Å². The van der Waals surface area contributed by atoms with Crippen LogP contribution in [-0.2, 0) is 16.7 Å². The van der Waals surface area contributed by atoms with Crippen LogP contribution >= 0.6 is 0 Å².